The number of methoxy groups -OCH3 is 1. The number of amides is 1. The quantitative estimate of drug-likeness (QED) is 0.482. The number of piperazine rings is 1. The molecule has 0 aliphatic carbocycles. The number of fused-ring (bicyclic) bond motifs is 1. The number of nitrogens with one attached hydrogen (secondary N) is 1. The van der Waals surface area contributed by atoms with Crippen molar-refractivity contribution >= 4 is 28.7 Å². The Hall–Kier alpha value is -3.82. The molecule has 2 aromatic heterocycles. The van der Waals surface area contributed by atoms with Gasteiger partial charge in [0, 0.05) is 75.0 Å². The van der Waals surface area contributed by atoms with E-state index in [-0.39, 0.29) is 5.91 Å². The molecule has 35 heavy (non-hydrogen) atoms. The van der Waals surface area contributed by atoms with E-state index in [1.165, 1.54) is 6.08 Å². The van der Waals surface area contributed by atoms with Gasteiger partial charge in [-0.15, -0.1) is 0 Å². The summed E-state index contributed by atoms with van der Waals surface area (Å²) in [5.41, 5.74) is 8.96. The van der Waals surface area contributed by atoms with Gasteiger partial charge in [0.2, 0.25) is 5.88 Å². The third-order valence-electron chi connectivity index (χ3n) is 6.04. The molecule has 4 rings (SSSR count). The van der Waals surface area contributed by atoms with Gasteiger partial charge in [-0.1, -0.05) is 6.07 Å². The molecule has 182 valence electrons. The van der Waals surface area contributed by atoms with Gasteiger partial charge in [-0.25, -0.2) is 4.98 Å². The maximum atomic E-state index is 12.3. The van der Waals surface area contributed by atoms with E-state index in [1.807, 2.05) is 35.2 Å². The molecule has 1 saturated heterocycles. The van der Waals surface area contributed by atoms with Crippen LogP contribution in [0.1, 0.15) is 18.2 Å². The van der Waals surface area contributed by atoms with Crippen LogP contribution in [0.2, 0.25) is 0 Å². The van der Waals surface area contributed by atoms with E-state index in [9.17, 15) is 4.79 Å². The van der Waals surface area contributed by atoms with Gasteiger partial charge in [0.1, 0.15) is 11.9 Å². The highest BCUT2D eigenvalue weighted by atomic mass is 16.5. The molecule has 0 saturated carbocycles. The molecule has 1 amide bonds. The van der Waals surface area contributed by atoms with Crippen LogP contribution in [0.3, 0.4) is 0 Å². The van der Waals surface area contributed by atoms with Gasteiger partial charge < -0.3 is 25.5 Å². The summed E-state index contributed by atoms with van der Waals surface area (Å²) in [6, 6.07) is 13.4. The first-order valence-corrected chi connectivity index (χ1v) is 11.5. The fourth-order valence-electron chi connectivity index (χ4n) is 3.93. The van der Waals surface area contributed by atoms with Crippen molar-refractivity contribution in [2.24, 2.45) is 5.73 Å². The maximum absolute atomic E-state index is 12.3. The zero-order chi connectivity index (χ0) is 24.8. The second-order valence-electron chi connectivity index (χ2n) is 8.41. The summed E-state index contributed by atoms with van der Waals surface area (Å²) in [7, 11) is 1.56. The third-order valence-corrected chi connectivity index (χ3v) is 6.04. The Kier molecular flexibility index (Phi) is 7.69. The number of benzene rings is 1. The van der Waals surface area contributed by atoms with Gasteiger partial charge in [0.05, 0.1) is 11.2 Å². The fraction of sp³-hybridized carbons (Fsp3) is 0.308. The summed E-state index contributed by atoms with van der Waals surface area (Å²) in [5.74, 6) is 1.17. The highest BCUT2D eigenvalue weighted by molar-refractivity contribution is 5.82. The molecule has 0 unspecified atom stereocenters. The molecule has 0 bridgehead atoms. The maximum Gasteiger partial charge on any atom is 0.251 e. The topological polar surface area (TPSA) is 118 Å². The van der Waals surface area contributed by atoms with Crippen molar-refractivity contribution in [2.75, 3.05) is 33.3 Å². The van der Waals surface area contributed by atoms with E-state index >= 15 is 0 Å². The van der Waals surface area contributed by atoms with Crippen LogP contribution >= 0.6 is 0 Å². The van der Waals surface area contributed by atoms with Gasteiger partial charge in [0.15, 0.2) is 0 Å². The minimum absolute atomic E-state index is 0.0453. The van der Waals surface area contributed by atoms with Gasteiger partial charge in [0.25, 0.3) is 5.91 Å². The highest BCUT2D eigenvalue weighted by Crippen LogP contribution is 2.25. The predicted molar refractivity (Wildman–Crippen MR) is 135 cm³/mol. The van der Waals surface area contributed by atoms with E-state index in [0.717, 1.165) is 48.0 Å². The van der Waals surface area contributed by atoms with Crippen molar-refractivity contribution in [2.45, 2.75) is 19.6 Å². The van der Waals surface area contributed by atoms with E-state index in [0.29, 0.717) is 30.4 Å². The van der Waals surface area contributed by atoms with Crippen molar-refractivity contribution in [3.8, 4) is 11.6 Å². The monoisotopic (exact) mass is 474 g/mol. The van der Waals surface area contributed by atoms with Gasteiger partial charge in [-0.3, -0.25) is 14.7 Å². The lowest BCUT2D eigenvalue weighted by Gasteiger charge is -2.35. The average molecular weight is 475 g/mol. The molecule has 3 N–H and O–H groups in total. The van der Waals surface area contributed by atoms with Crippen LogP contribution in [-0.4, -0.2) is 71.3 Å². The predicted octanol–water partition coefficient (Wildman–Crippen LogP) is 3.05. The number of aromatic nitrogens is 2. The fourth-order valence-corrected chi connectivity index (χ4v) is 3.93. The van der Waals surface area contributed by atoms with Crippen LogP contribution < -0.4 is 10.5 Å². The molecule has 0 radical (unpaired) electrons. The van der Waals surface area contributed by atoms with Gasteiger partial charge in [-0.05, 0) is 43.3 Å². The minimum atomic E-state index is -0.401. The van der Waals surface area contributed by atoms with E-state index in [4.69, 9.17) is 25.6 Å². The van der Waals surface area contributed by atoms with Crippen molar-refractivity contribution < 1.29 is 14.3 Å². The Labute approximate surface area is 204 Å². The minimum Gasteiger partial charge on any atom is -0.439 e. The van der Waals surface area contributed by atoms with Crippen molar-refractivity contribution in [3.05, 3.63) is 66.0 Å². The largest absolute Gasteiger partial charge is 0.439 e. The summed E-state index contributed by atoms with van der Waals surface area (Å²) in [6.45, 7) is 5.53. The summed E-state index contributed by atoms with van der Waals surface area (Å²) in [6.07, 6.45) is 3.86. The number of nitrogens with two attached hydrogens (primary N) is 1. The number of hydrogen-bond acceptors (Lipinski definition) is 8. The second kappa shape index (κ2) is 11.1. The van der Waals surface area contributed by atoms with Crippen molar-refractivity contribution in [3.63, 3.8) is 0 Å². The lowest BCUT2D eigenvalue weighted by Crippen LogP contribution is -2.51. The Morgan fingerprint density at radius 3 is 2.66 bits per heavy atom. The molecule has 1 atom stereocenters. The lowest BCUT2D eigenvalue weighted by atomic mass is 10.2. The summed E-state index contributed by atoms with van der Waals surface area (Å²) in [5, 5.41) is 8.08. The standard InChI is InChI=1S/C26H30N6O3/c1-18(34-2)26(33)32-13-11-31(12-14-32)17-21-5-3-19-15-22(6-7-24(19)30-21)35-25-8-4-20(16-29-25)23(28)9-10-27/h3-10,15-16,18,27H,11-14,17,28H2,1-2H3/b23-9-,27-10?/t18-/m0/s1. The Bertz CT molecular complexity index is 1220. The first-order chi connectivity index (χ1) is 17.0. The number of ether oxygens (including phenoxy) is 2. The second-order valence-corrected chi connectivity index (χ2v) is 8.41. The third kappa shape index (κ3) is 6.00. The Balaban J connectivity index is 1.37. The average Bonchev–Trinajstić information content (AvgIpc) is 2.89. The smallest absolute Gasteiger partial charge is 0.251 e. The molecule has 3 heterocycles. The van der Waals surface area contributed by atoms with Crippen LogP contribution in [0.4, 0.5) is 0 Å². The van der Waals surface area contributed by atoms with Crippen LogP contribution in [0.5, 0.6) is 11.6 Å². The SMILES string of the molecule is CO[C@@H](C)C(=O)N1CCN(Cc2ccc3cc(Oc4ccc(/C(N)=C/C=N)cn4)ccc3n2)CC1. The van der Waals surface area contributed by atoms with Gasteiger partial charge >= 0.3 is 0 Å². The molecule has 1 aliphatic heterocycles. The number of rotatable bonds is 8. The number of hydrogen-bond donors (Lipinski definition) is 2. The molecule has 0 spiro atoms. The van der Waals surface area contributed by atoms with E-state index in [2.05, 4.69) is 9.88 Å². The zero-order valence-corrected chi connectivity index (χ0v) is 20.0. The summed E-state index contributed by atoms with van der Waals surface area (Å²) < 4.78 is 11.0. The molecule has 1 fully saturated rings. The van der Waals surface area contributed by atoms with Crippen molar-refractivity contribution in [1.82, 2.24) is 19.8 Å². The first kappa shape index (κ1) is 24.3. The van der Waals surface area contributed by atoms with E-state index in [1.54, 1.807) is 32.4 Å². The van der Waals surface area contributed by atoms with Crippen LogP contribution in [0.15, 0.2) is 54.7 Å². The normalized spacial score (nSPS) is 15.7. The molecular formula is C26H30N6O3. The summed E-state index contributed by atoms with van der Waals surface area (Å²) >= 11 is 0. The number of pyridine rings is 2. The number of nitrogens with zero attached hydrogens (tertiary/aromatic N) is 4. The summed E-state index contributed by atoms with van der Waals surface area (Å²) in [4.78, 5) is 25.6. The number of carbonyl (C=O) groups excluding carboxylic acids is 1. The molecule has 9 heteroatoms. The zero-order valence-electron chi connectivity index (χ0n) is 20.0. The van der Waals surface area contributed by atoms with Crippen LogP contribution in [0.25, 0.3) is 16.6 Å². The highest BCUT2D eigenvalue weighted by Gasteiger charge is 2.24. The number of allylic oxidation sites excluding steroid dienone is 1. The number of carbonyl (C=O) groups is 1. The van der Waals surface area contributed by atoms with Crippen LogP contribution in [0, 0.1) is 5.41 Å². The molecule has 3 aromatic rings. The first-order valence-electron chi connectivity index (χ1n) is 11.5. The van der Waals surface area contributed by atoms with Crippen molar-refractivity contribution in [1.29, 1.82) is 5.41 Å². The molecule has 1 aromatic carbocycles. The molecular weight excluding hydrogens is 444 g/mol. The lowest BCUT2D eigenvalue weighted by molar-refractivity contribution is -0.142. The van der Waals surface area contributed by atoms with Gasteiger partial charge in [-0.2, -0.15) is 0 Å². The van der Waals surface area contributed by atoms with E-state index < -0.39 is 6.10 Å². The Morgan fingerprint density at radius 1 is 1.17 bits per heavy atom. The van der Waals surface area contributed by atoms with Crippen LogP contribution in [-0.2, 0) is 16.1 Å². The molecule has 1 aliphatic rings. The molecule has 9 nitrogen and oxygen atoms in total. The Morgan fingerprint density at radius 2 is 1.97 bits per heavy atom.